The molecular weight excluding hydrogens is 300 g/mol. The smallest absolute Gasteiger partial charge is 0.208 e. The van der Waals surface area contributed by atoms with Gasteiger partial charge >= 0.3 is 0 Å². The Hall–Kier alpha value is -0.820. The van der Waals surface area contributed by atoms with E-state index in [1.54, 1.807) is 0 Å². The Kier molecular flexibility index (Phi) is 12.2. The highest BCUT2D eigenvalue weighted by molar-refractivity contribution is 7.88. The lowest BCUT2D eigenvalue weighted by atomic mass is 9.97. The molecule has 0 saturated carbocycles. The van der Waals surface area contributed by atoms with Gasteiger partial charge in [0.1, 0.15) is 0 Å². The molecule has 0 amide bonds. The van der Waals surface area contributed by atoms with Crippen molar-refractivity contribution in [1.82, 2.24) is 15.4 Å². The number of rotatable bonds is 12. The van der Waals surface area contributed by atoms with E-state index in [4.69, 9.17) is 0 Å². The second-order valence-electron chi connectivity index (χ2n) is 5.61. The van der Waals surface area contributed by atoms with Gasteiger partial charge in [-0.3, -0.25) is 4.99 Å². The third-order valence-electron chi connectivity index (χ3n) is 3.30. The molecule has 0 aliphatic rings. The average Bonchev–Trinajstić information content (AvgIpc) is 2.45. The number of nitrogens with one attached hydrogen (secondary N) is 3. The van der Waals surface area contributed by atoms with E-state index >= 15 is 0 Å². The number of sulfonamides is 1. The van der Waals surface area contributed by atoms with Crippen molar-refractivity contribution in [2.24, 2.45) is 10.9 Å². The second kappa shape index (κ2) is 12.7. The molecule has 0 aromatic heterocycles. The van der Waals surface area contributed by atoms with Crippen LogP contribution in [-0.4, -0.2) is 46.8 Å². The van der Waals surface area contributed by atoms with E-state index in [1.807, 2.05) is 6.92 Å². The summed E-state index contributed by atoms with van der Waals surface area (Å²) in [5, 5.41) is 6.35. The summed E-state index contributed by atoms with van der Waals surface area (Å²) >= 11 is 0. The first kappa shape index (κ1) is 21.2. The summed E-state index contributed by atoms with van der Waals surface area (Å²) < 4.78 is 24.5. The molecule has 0 radical (unpaired) electrons. The van der Waals surface area contributed by atoms with Crippen molar-refractivity contribution in [1.29, 1.82) is 0 Å². The molecule has 0 aromatic rings. The van der Waals surface area contributed by atoms with Crippen LogP contribution < -0.4 is 15.4 Å². The molecule has 0 rings (SSSR count). The van der Waals surface area contributed by atoms with Crippen molar-refractivity contribution in [3.8, 4) is 0 Å². The molecule has 0 spiro atoms. The van der Waals surface area contributed by atoms with Gasteiger partial charge in [0, 0.05) is 26.2 Å². The molecule has 0 heterocycles. The Morgan fingerprint density at radius 3 is 2.32 bits per heavy atom. The summed E-state index contributed by atoms with van der Waals surface area (Å²) in [4.78, 5) is 4.64. The first-order valence-corrected chi connectivity index (χ1v) is 10.3. The van der Waals surface area contributed by atoms with Gasteiger partial charge in [0.15, 0.2) is 5.96 Å². The van der Waals surface area contributed by atoms with Gasteiger partial charge < -0.3 is 10.6 Å². The summed E-state index contributed by atoms with van der Waals surface area (Å²) in [6.07, 6.45) is 7.25. The minimum absolute atomic E-state index is 0.359. The van der Waals surface area contributed by atoms with Crippen LogP contribution in [0.4, 0.5) is 0 Å². The summed E-state index contributed by atoms with van der Waals surface area (Å²) in [6.45, 7) is 8.94. The number of unbranched alkanes of at least 4 members (excludes halogenated alkanes) is 1. The maximum Gasteiger partial charge on any atom is 0.208 e. The van der Waals surface area contributed by atoms with Crippen molar-refractivity contribution >= 4 is 16.0 Å². The number of guanidine groups is 1. The van der Waals surface area contributed by atoms with Crippen molar-refractivity contribution in [3.05, 3.63) is 0 Å². The summed E-state index contributed by atoms with van der Waals surface area (Å²) in [5.41, 5.74) is 0. The summed E-state index contributed by atoms with van der Waals surface area (Å²) in [7, 11) is -3.13. The van der Waals surface area contributed by atoms with Gasteiger partial charge in [-0.25, -0.2) is 13.1 Å². The molecule has 0 aliphatic carbocycles. The topological polar surface area (TPSA) is 82.6 Å². The molecule has 132 valence electrons. The van der Waals surface area contributed by atoms with E-state index < -0.39 is 10.0 Å². The van der Waals surface area contributed by atoms with E-state index in [0.29, 0.717) is 19.0 Å². The molecule has 0 aliphatic heterocycles. The molecule has 0 fully saturated rings. The number of nitrogens with zero attached hydrogens (tertiary/aromatic N) is 1. The lowest BCUT2D eigenvalue weighted by molar-refractivity contribution is 0.439. The molecule has 3 N–H and O–H groups in total. The predicted molar refractivity (Wildman–Crippen MR) is 94.8 cm³/mol. The Bertz CT molecular complexity index is 396. The van der Waals surface area contributed by atoms with Crippen LogP contribution in [0.5, 0.6) is 0 Å². The molecule has 0 saturated heterocycles. The zero-order valence-corrected chi connectivity index (χ0v) is 15.4. The highest BCUT2D eigenvalue weighted by atomic mass is 32.2. The second-order valence-corrected chi connectivity index (χ2v) is 7.44. The maximum atomic E-state index is 11.0. The molecule has 0 aromatic carbocycles. The van der Waals surface area contributed by atoms with Gasteiger partial charge in [-0.05, 0) is 25.7 Å². The first-order chi connectivity index (χ1) is 10.4. The fourth-order valence-corrected chi connectivity index (χ4v) is 2.68. The largest absolute Gasteiger partial charge is 0.357 e. The van der Waals surface area contributed by atoms with Crippen LogP contribution in [0.25, 0.3) is 0 Å². The number of hydrogen-bond acceptors (Lipinski definition) is 3. The van der Waals surface area contributed by atoms with Crippen LogP contribution in [0.15, 0.2) is 4.99 Å². The van der Waals surface area contributed by atoms with Gasteiger partial charge in [0.05, 0.1) is 6.26 Å². The zero-order chi connectivity index (χ0) is 16.8. The molecule has 7 heteroatoms. The van der Waals surface area contributed by atoms with Gasteiger partial charge in [-0.1, -0.05) is 33.1 Å². The van der Waals surface area contributed by atoms with E-state index in [9.17, 15) is 8.42 Å². The van der Waals surface area contributed by atoms with E-state index in [0.717, 1.165) is 25.3 Å². The number of hydrogen-bond donors (Lipinski definition) is 3. The number of aliphatic imine (C=N–C) groups is 1. The Morgan fingerprint density at radius 2 is 1.77 bits per heavy atom. The van der Waals surface area contributed by atoms with E-state index in [2.05, 4.69) is 34.2 Å². The normalized spacial score (nSPS) is 13.9. The highest BCUT2D eigenvalue weighted by Gasteiger charge is 2.07. The average molecular weight is 335 g/mol. The highest BCUT2D eigenvalue weighted by Crippen LogP contribution is 2.15. The molecule has 0 bridgehead atoms. The standard InChI is InChI=1S/C15H34N4O2S/c1-5-8-10-14(9-6-2)13-18-15(16-7-3)17-11-12-19-22(4,20)21/h14,19H,5-13H2,1-4H3,(H2,16,17,18). The fraction of sp³-hybridized carbons (Fsp3) is 0.933. The zero-order valence-electron chi connectivity index (χ0n) is 14.6. The van der Waals surface area contributed by atoms with Crippen LogP contribution in [0.3, 0.4) is 0 Å². The van der Waals surface area contributed by atoms with E-state index in [1.165, 1.54) is 32.1 Å². The third kappa shape index (κ3) is 12.9. The summed E-state index contributed by atoms with van der Waals surface area (Å²) in [6, 6.07) is 0. The van der Waals surface area contributed by atoms with Crippen LogP contribution in [-0.2, 0) is 10.0 Å². The monoisotopic (exact) mass is 334 g/mol. The van der Waals surface area contributed by atoms with Crippen molar-refractivity contribution in [3.63, 3.8) is 0 Å². The Morgan fingerprint density at radius 1 is 1.05 bits per heavy atom. The maximum absolute atomic E-state index is 11.0. The molecule has 22 heavy (non-hydrogen) atoms. The van der Waals surface area contributed by atoms with Crippen molar-refractivity contribution in [2.45, 2.75) is 52.9 Å². The Labute approximate surface area is 136 Å². The van der Waals surface area contributed by atoms with Crippen LogP contribution in [0.1, 0.15) is 52.9 Å². The minimum Gasteiger partial charge on any atom is -0.357 e. The van der Waals surface area contributed by atoms with Crippen molar-refractivity contribution < 1.29 is 8.42 Å². The summed E-state index contributed by atoms with van der Waals surface area (Å²) in [5.74, 6) is 1.39. The van der Waals surface area contributed by atoms with Crippen LogP contribution in [0, 0.1) is 5.92 Å². The predicted octanol–water partition coefficient (Wildman–Crippen LogP) is 1.70. The minimum atomic E-state index is -3.13. The van der Waals surface area contributed by atoms with Crippen LogP contribution >= 0.6 is 0 Å². The van der Waals surface area contributed by atoms with E-state index in [-0.39, 0.29) is 0 Å². The lowest BCUT2D eigenvalue weighted by Crippen LogP contribution is -2.41. The SMILES string of the molecule is CCCCC(CCC)CN=C(NCC)NCCNS(C)(=O)=O. The van der Waals surface area contributed by atoms with Gasteiger partial charge in [0.25, 0.3) is 0 Å². The molecule has 1 unspecified atom stereocenters. The lowest BCUT2D eigenvalue weighted by Gasteiger charge is -2.16. The molecular formula is C15H34N4O2S. The van der Waals surface area contributed by atoms with Crippen molar-refractivity contribution in [2.75, 3.05) is 32.4 Å². The van der Waals surface area contributed by atoms with Gasteiger partial charge in [0.2, 0.25) is 10.0 Å². The third-order valence-corrected chi connectivity index (χ3v) is 4.02. The van der Waals surface area contributed by atoms with Gasteiger partial charge in [-0.2, -0.15) is 0 Å². The fourth-order valence-electron chi connectivity index (χ4n) is 2.21. The molecule has 1 atom stereocenters. The first-order valence-electron chi connectivity index (χ1n) is 8.39. The van der Waals surface area contributed by atoms with Gasteiger partial charge in [-0.15, -0.1) is 0 Å². The molecule has 6 nitrogen and oxygen atoms in total. The van der Waals surface area contributed by atoms with Crippen LogP contribution in [0.2, 0.25) is 0 Å². The quantitative estimate of drug-likeness (QED) is 0.288. The Balaban J connectivity index is 4.31.